The van der Waals surface area contributed by atoms with Gasteiger partial charge in [-0.25, -0.2) is 0 Å². The molecule has 1 N–H and O–H groups in total. The van der Waals surface area contributed by atoms with Crippen LogP contribution in [-0.4, -0.2) is 19.6 Å². The van der Waals surface area contributed by atoms with E-state index >= 15 is 0 Å². The van der Waals surface area contributed by atoms with Crippen molar-refractivity contribution in [3.05, 3.63) is 64.7 Å². The highest BCUT2D eigenvalue weighted by Crippen LogP contribution is 2.31. The zero-order chi connectivity index (χ0) is 15.5. The Labute approximate surface area is 132 Å². The first-order chi connectivity index (χ1) is 10.7. The van der Waals surface area contributed by atoms with Gasteiger partial charge in [0.25, 0.3) is 0 Å². The second-order valence-electron chi connectivity index (χ2n) is 5.94. The molecular formula is C19H21N3. The molecule has 22 heavy (non-hydrogen) atoms. The van der Waals surface area contributed by atoms with Gasteiger partial charge in [-0.15, -0.1) is 0 Å². The lowest BCUT2D eigenvalue weighted by Crippen LogP contribution is -2.46. The molecule has 0 spiro atoms. The van der Waals surface area contributed by atoms with E-state index in [1.807, 2.05) is 12.1 Å². The van der Waals surface area contributed by atoms with E-state index < -0.39 is 0 Å². The lowest BCUT2D eigenvalue weighted by Gasteiger charge is -2.39. The molecule has 0 aliphatic carbocycles. The summed E-state index contributed by atoms with van der Waals surface area (Å²) in [7, 11) is 0. The van der Waals surface area contributed by atoms with Crippen LogP contribution in [0.1, 0.15) is 28.3 Å². The molecule has 1 atom stereocenters. The van der Waals surface area contributed by atoms with Gasteiger partial charge in [0.2, 0.25) is 0 Å². The van der Waals surface area contributed by atoms with Gasteiger partial charge in [0, 0.05) is 25.3 Å². The fraction of sp³-hybridized carbons (Fsp3) is 0.316. The van der Waals surface area contributed by atoms with E-state index in [4.69, 9.17) is 5.26 Å². The Balaban J connectivity index is 1.96. The number of benzene rings is 2. The van der Waals surface area contributed by atoms with Crippen LogP contribution in [0.15, 0.2) is 42.5 Å². The van der Waals surface area contributed by atoms with E-state index in [-0.39, 0.29) is 0 Å². The molecule has 3 rings (SSSR count). The van der Waals surface area contributed by atoms with Gasteiger partial charge in [-0.3, -0.25) is 0 Å². The summed E-state index contributed by atoms with van der Waals surface area (Å²) in [5, 5.41) is 12.5. The molecular weight excluding hydrogens is 270 g/mol. The van der Waals surface area contributed by atoms with Gasteiger partial charge >= 0.3 is 0 Å². The van der Waals surface area contributed by atoms with Crippen LogP contribution in [0.5, 0.6) is 0 Å². The topological polar surface area (TPSA) is 39.1 Å². The maximum Gasteiger partial charge on any atom is 0.0991 e. The summed E-state index contributed by atoms with van der Waals surface area (Å²) in [6.45, 7) is 7.12. The highest BCUT2D eigenvalue weighted by atomic mass is 15.2. The molecule has 0 saturated carbocycles. The third-order valence-electron chi connectivity index (χ3n) is 4.34. The van der Waals surface area contributed by atoms with Gasteiger partial charge in [-0.2, -0.15) is 5.26 Å². The minimum Gasteiger partial charge on any atom is -0.362 e. The zero-order valence-corrected chi connectivity index (χ0v) is 13.1. The van der Waals surface area contributed by atoms with Crippen LogP contribution in [0.4, 0.5) is 5.69 Å². The summed E-state index contributed by atoms with van der Waals surface area (Å²) in [5.74, 6) is 0. The summed E-state index contributed by atoms with van der Waals surface area (Å²) in [6, 6.07) is 17.3. The Morgan fingerprint density at radius 1 is 1.14 bits per heavy atom. The van der Waals surface area contributed by atoms with Crippen LogP contribution in [0, 0.1) is 25.2 Å². The largest absolute Gasteiger partial charge is 0.362 e. The van der Waals surface area contributed by atoms with Crippen LogP contribution in [0.25, 0.3) is 0 Å². The Morgan fingerprint density at radius 2 is 1.91 bits per heavy atom. The Kier molecular flexibility index (Phi) is 4.13. The molecule has 2 aromatic carbocycles. The Morgan fingerprint density at radius 3 is 2.59 bits per heavy atom. The molecule has 0 unspecified atom stereocenters. The van der Waals surface area contributed by atoms with Crippen molar-refractivity contribution in [1.29, 1.82) is 5.26 Å². The normalized spacial score (nSPS) is 18.0. The van der Waals surface area contributed by atoms with Gasteiger partial charge in [0.15, 0.2) is 0 Å². The number of hydrogen-bond acceptors (Lipinski definition) is 3. The van der Waals surface area contributed by atoms with E-state index in [1.165, 1.54) is 16.8 Å². The summed E-state index contributed by atoms with van der Waals surface area (Å²) in [6.07, 6.45) is 0. The second kappa shape index (κ2) is 6.21. The van der Waals surface area contributed by atoms with Gasteiger partial charge in [-0.1, -0.05) is 29.8 Å². The van der Waals surface area contributed by atoms with E-state index in [2.05, 4.69) is 60.5 Å². The van der Waals surface area contributed by atoms with Crippen LogP contribution < -0.4 is 10.2 Å². The van der Waals surface area contributed by atoms with Crippen LogP contribution in [0.3, 0.4) is 0 Å². The van der Waals surface area contributed by atoms with Crippen molar-refractivity contribution in [3.8, 4) is 6.07 Å². The third-order valence-corrected chi connectivity index (χ3v) is 4.34. The molecule has 2 aromatic rings. The minimum atomic E-state index is 0.334. The van der Waals surface area contributed by atoms with Crippen molar-refractivity contribution in [2.24, 2.45) is 0 Å². The molecule has 1 aliphatic heterocycles. The minimum absolute atomic E-state index is 0.334. The van der Waals surface area contributed by atoms with Gasteiger partial charge < -0.3 is 10.2 Å². The molecule has 3 nitrogen and oxygen atoms in total. The summed E-state index contributed by atoms with van der Waals surface area (Å²) in [5.41, 5.74) is 5.74. The monoisotopic (exact) mass is 291 g/mol. The van der Waals surface area contributed by atoms with Crippen molar-refractivity contribution in [1.82, 2.24) is 5.32 Å². The quantitative estimate of drug-likeness (QED) is 0.922. The highest BCUT2D eigenvalue weighted by Gasteiger charge is 2.25. The van der Waals surface area contributed by atoms with E-state index in [0.29, 0.717) is 6.04 Å². The summed E-state index contributed by atoms with van der Waals surface area (Å²) in [4.78, 5) is 2.46. The SMILES string of the molecule is Cc1ccc([C@@H]2CNCCN2c2ccc(C#N)cc2C)cc1. The second-order valence-corrected chi connectivity index (χ2v) is 5.94. The predicted octanol–water partition coefficient (Wildman–Crippen LogP) is 3.33. The van der Waals surface area contributed by atoms with Crippen molar-refractivity contribution in [3.63, 3.8) is 0 Å². The van der Waals surface area contributed by atoms with E-state index in [1.54, 1.807) is 0 Å². The number of piperazine rings is 1. The van der Waals surface area contributed by atoms with Gasteiger partial charge in [0.1, 0.15) is 0 Å². The number of hydrogen-bond donors (Lipinski definition) is 1. The number of nitriles is 1. The smallest absolute Gasteiger partial charge is 0.0991 e. The molecule has 1 saturated heterocycles. The first-order valence-electron chi connectivity index (χ1n) is 7.74. The molecule has 1 heterocycles. The zero-order valence-electron chi connectivity index (χ0n) is 13.1. The molecule has 1 aliphatic rings. The lowest BCUT2D eigenvalue weighted by molar-refractivity contribution is 0.489. The average Bonchev–Trinajstić information content (AvgIpc) is 2.55. The Hall–Kier alpha value is -2.31. The highest BCUT2D eigenvalue weighted by molar-refractivity contribution is 5.58. The number of rotatable bonds is 2. The van der Waals surface area contributed by atoms with Crippen LogP contribution >= 0.6 is 0 Å². The van der Waals surface area contributed by atoms with Gasteiger partial charge in [-0.05, 0) is 43.2 Å². The summed E-state index contributed by atoms with van der Waals surface area (Å²) >= 11 is 0. The molecule has 0 aromatic heterocycles. The predicted molar refractivity (Wildman–Crippen MR) is 90.0 cm³/mol. The molecule has 3 heteroatoms. The number of nitrogens with one attached hydrogen (secondary N) is 1. The van der Waals surface area contributed by atoms with E-state index in [0.717, 1.165) is 30.8 Å². The maximum atomic E-state index is 9.05. The molecule has 112 valence electrons. The molecule has 0 bridgehead atoms. The lowest BCUT2D eigenvalue weighted by atomic mass is 9.99. The standard InChI is InChI=1S/C19H21N3/c1-14-3-6-17(7-4-14)19-13-21-9-10-22(19)18-8-5-16(12-20)11-15(18)2/h3-8,11,19,21H,9-10,13H2,1-2H3/t19-/m0/s1. The van der Waals surface area contributed by atoms with E-state index in [9.17, 15) is 0 Å². The maximum absolute atomic E-state index is 9.05. The van der Waals surface area contributed by atoms with Crippen LogP contribution in [0.2, 0.25) is 0 Å². The van der Waals surface area contributed by atoms with Crippen molar-refractivity contribution in [2.45, 2.75) is 19.9 Å². The fourth-order valence-corrected chi connectivity index (χ4v) is 3.13. The first-order valence-corrected chi connectivity index (χ1v) is 7.74. The summed E-state index contributed by atoms with van der Waals surface area (Å²) < 4.78 is 0. The number of aryl methyl sites for hydroxylation is 2. The number of anilines is 1. The van der Waals surface area contributed by atoms with Gasteiger partial charge in [0.05, 0.1) is 17.7 Å². The van der Waals surface area contributed by atoms with Crippen molar-refractivity contribution < 1.29 is 0 Å². The van der Waals surface area contributed by atoms with Crippen LogP contribution in [-0.2, 0) is 0 Å². The third kappa shape index (κ3) is 2.84. The molecule has 0 radical (unpaired) electrons. The molecule has 0 amide bonds. The first kappa shape index (κ1) is 14.6. The fourth-order valence-electron chi connectivity index (χ4n) is 3.13. The van der Waals surface area contributed by atoms with Crippen molar-refractivity contribution >= 4 is 5.69 Å². The molecule has 1 fully saturated rings. The number of nitrogens with zero attached hydrogens (tertiary/aromatic N) is 2. The average molecular weight is 291 g/mol. The van der Waals surface area contributed by atoms with Crippen molar-refractivity contribution in [2.75, 3.05) is 24.5 Å². The Bertz CT molecular complexity index is 698.